The van der Waals surface area contributed by atoms with E-state index in [-0.39, 0.29) is 0 Å². The van der Waals surface area contributed by atoms with Crippen LogP contribution in [0.15, 0.2) is 23.2 Å². The van der Waals surface area contributed by atoms with Crippen molar-refractivity contribution in [3.05, 3.63) is 29.3 Å². The van der Waals surface area contributed by atoms with E-state index in [4.69, 9.17) is 11.6 Å². The minimum atomic E-state index is 0.576. The van der Waals surface area contributed by atoms with Gasteiger partial charge in [-0.15, -0.1) is 0 Å². The van der Waals surface area contributed by atoms with Crippen LogP contribution in [-0.2, 0) is 0 Å². The summed E-state index contributed by atoms with van der Waals surface area (Å²) >= 11 is 5.71. The molecule has 64 valence electrons. The van der Waals surface area contributed by atoms with Gasteiger partial charge in [0.25, 0.3) is 0 Å². The molecule has 1 aromatic rings. The predicted molar refractivity (Wildman–Crippen MR) is 54.5 cm³/mol. The van der Waals surface area contributed by atoms with Crippen LogP contribution in [0.4, 0.5) is 5.69 Å². The molecule has 0 aromatic heterocycles. The third kappa shape index (κ3) is 2.08. The summed E-state index contributed by atoms with van der Waals surface area (Å²) in [5.41, 5.74) is 3.31. The molecule has 0 bridgehead atoms. The minimum Gasteiger partial charge on any atom is -0.241 e. The summed E-state index contributed by atoms with van der Waals surface area (Å²) in [7, 11) is 0. The molecule has 2 heteroatoms. The lowest BCUT2D eigenvalue weighted by Gasteiger charge is -2.03. The Balaban J connectivity index is 3.22. The average molecular weight is 182 g/mol. The first-order valence-electron chi connectivity index (χ1n) is 3.88. The van der Waals surface area contributed by atoms with Crippen molar-refractivity contribution in [1.82, 2.24) is 0 Å². The molecule has 1 aromatic carbocycles. The van der Waals surface area contributed by atoms with Crippen LogP contribution in [0.1, 0.15) is 18.1 Å². The molecule has 0 fully saturated rings. The van der Waals surface area contributed by atoms with E-state index < -0.39 is 0 Å². The maximum absolute atomic E-state index is 5.71. The lowest BCUT2D eigenvalue weighted by Crippen LogP contribution is -1.82. The Morgan fingerprint density at radius 2 is 1.75 bits per heavy atom. The number of benzene rings is 1. The Labute approximate surface area is 78.1 Å². The van der Waals surface area contributed by atoms with Crippen molar-refractivity contribution >= 4 is 22.5 Å². The zero-order valence-electron chi connectivity index (χ0n) is 7.56. The van der Waals surface area contributed by atoms with E-state index in [2.05, 4.69) is 4.99 Å². The molecule has 0 aliphatic rings. The second kappa shape index (κ2) is 3.72. The van der Waals surface area contributed by atoms with Gasteiger partial charge in [0.1, 0.15) is 5.17 Å². The van der Waals surface area contributed by atoms with Gasteiger partial charge in [-0.25, -0.2) is 4.99 Å². The molecule has 1 nitrogen and oxygen atoms in total. The molecule has 0 aliphatic heterocycles. The Bertz CT molecular complexity index is 291. The molecule has 1 rings (SSSR count). The maximum Gasteiger partial charge on any atom is 0.103 e. The van der Waals surface area contributed by atoms with Gasteiger partial charge in [0, 0.05) is 0 Å². The standard InChI is InChI=1S/C10H12ClN/c1-7-5-4-6-8(2)10(7)12-9(3)11/h4-6H,1-3H3. The summed E-state index contributed by atoms with van der Waals surface area (Å²) in [5, 5.41) is 0.576. The predicted octanol–water partition coefficient (Wildman–Crippen LogP) is 3.59. The van der Waals surface area contributed by atoms with Crippen LogP contribution in [0.2, 0.25) is 0 Å². The van der Waals surface area contributed by atoms with Crippen molar-refractivity contribution in [3.8, 4) is 0 Å². The number of nitrogens with zero attached hydrogens (tertiary/aromatic N) is 1. The van der Waals surface area contributed by atoms with Crippen molar-refractivity contribution in [2.24, 2.45) is 4.99 Å². The van der Waals surface area contributed by atoms with Crippen LogP contribution in [0.5, 0.6) is 0 Å². The molecule has 0 heterocycles. The largest absolute Gasteiger partial charge is 0.241 e. The fourth-order valence-corrected chi connectivity index (χ4v) is 1.22. The molecule has 0 N–H and O–H groups in total. The van der Waals surface area contributed by atoms with Gasteiger partial charge in [-0.3, -0.25) is 0 Å². The van der Waals surface area contributed by atoms with Crippen LogP contribution in [0, 0.1) is 13.8 Å². The number of rotatable bonds is 1. The third-order valence-corrected chi connectivity index (χ3v) is 1.79. The molecule has 0 saturated heterocycles. The van der Waals surface area contributed by atoms with Gasteiger partial charge in [0.15, 0.2) is 0 Å². The Kier molecular flexibility index (Phi) is 2.88. The molecular formula is C10H12ClN. The average Bonchev–Trinajstić information content (AvgIpc) is 1.97. The second-order valence-corrected chi connectivity index (χ2v) is 3.40. The van der Waals surface area contributed by atoms with Gasteiger partial charge in [-0.2, -0.15) is 0 Å². The number of hydrogen-bond acceptors (Lipinski definition) is 1. The van der Waals surface area contributed by atoms with Crippen molar-refractivity contribution < 1.29 is 0 Å². The molecule has 0 radical (unpaired) electrons. The van der Waals surface area contributed by atoms with Crippen LogP contribution >= 0.6 is 11.6 Å². The van der Waals surface area contributed by atoms with Crippen molar-refractivity contribution in [1.29, 1.82) is 0 Å². The summed E-state index contributed by atoms with van der Waals surface area (Å²) in [6.07, 6.45) is 0. The summed E-state index contributed by atoms with van der Waals surface area (Å²) in [6, 6.07) is 6.09. The second-order valence-electron chi connectivity index (χ2n) is 2.85. The van der Waals surface area contributed by atoms with Gasteiger partial charge >= 0.3 is 0 Å². The van der Waals surface area contributed by atoms with E-state index in [1.807, 2.05) is 32.0 Å². The first-order chi connectivity index (χ1) is 5.61. The van der Waals surface area contributed by atoms with Gasteiger partial charge in [0.05, 0.1) is 5.69 Å². The zero-order valence-corrected chi connectivity index (χ0v) is 8.31. The number of aliphatic imine (C=N–C) groups is 1. The normalized spacial score (nSPS) is 11.8. The van der Waals surface area contributed by atoms with Gasteiger partial charge in [-0.1, -0.05) is 29.8 Å². The van der Waals surface area contributed by atoms with E-state index in [0.717, 1.165) is 16.8 Å². The number of hydrogen-bond donors (Lipinski definition) is 0. The topological polar surface area (TPSA) is 12.4 Å². The van der Waals surface area contributed by atoms with E-state index in [1.165, 1.54) is 0 Å². The third-order valence-electron chi connectivity index (χ3n) is 1.71. The summed E-state index contributed by atoms with van der Waals surface area (Å²) in [5.74, 6) is 0. The SMILES string of the molecule is CC(Cl)=Nc1c(C)cccc1C. The number of halogens is 1. The Hall–Kier alpha value is -0.820. The van der Waals surface area contributed by atoms with E-state index in [0.29, 0.717) is 5.17 Å². The molecule has 0 amide bonds. The van der Waals surface area contributed by atoms with Crippen LogP contribution in [0.3, 0.4) is 0 Å². The quantitative estimate of drug-likeness (QED) is 0.588. The highest BCUT2D eigenvalue weighted by molar-refractivity contribution is 6.65. The molecule has 0 atom stereocenters. The van der Waals surface area contributed by atoms with E-state index in [9.17, 15) is 0 Å². The molecule has 0 spiro atoms. The van der Waals surface area contributed by atoms with Crippen LogP contribution < -0.4 is 0 Å². The molecular weight excluding hydrogens is 170 g/mol. The molecule has 0 aliphatic carbocycles. The zero-order chi connectivity index (χ0) is 9.14. The highest BCUT2D eigenvalue weighted by Crippen LogP contribution is 2.23. The minimum absolute atomic E-state index is 0.576. The van der Waals surface area contributed by atoms with Crippen molar-refractivity contribution in [3.63, 3.8) is 0 Å². The van der Waals surface area contributed by atoms with Crippen molar-refractivity contribution in [2.75, 3.05) is 0 Å². The lowest BCUT2D eigenvalue weighted by molar-refractivity contribution is 1.33. The number of aryl methyl sites for hydroxylation is 2. The van der Waals surface area contributed by atoms with Gasteiger partial charge in [-0.05, 0) is 31.9 Å². The van der Waals surface area contributed by atoms with E-state index >= 15 is 0 Å². The molecule has 0 unspecified atom stereocenters. The highest BCUT2D eigenvalue weighted by Gasteiger charge is 1.98. The highest BCUT2D eigenvalue weighted by atomic mass is 35.5. The summed E-state index contributed by atoms with van der Waals surface area (Å²) in [6.45, 7) is 5.85. The summed E-state index contributed by atoms with van der Waals surface area (Å²) < 4.78 is 0. The van der Waals surface area contributed by atoms with E-state index in [1.54, 1.807) is 6.92 Å². The molecule has 12 heavy (non-hydrogen) atoms. The fourth-order valence-electron chi connectivity index (χ4n) is 1.14. The Morgan fingerprint density at radius 3 is 2.17 bits per heavy atom. The molecule has 0 saturated carbocycles. The maximum atomic E-state index is 5.71. The lowest BCUT2D eigenvalue weighted by atomic mass is 10.1. The van der Waals surface area contributed by atoms with Gasteiger partial charge < -0.3 is 0 Å². The first-order valence-corrected chi connectivity index (χ1v) is 4.26. The summed E-state index contributed by atoms with van der Waals surface area (Å²) in [4.78, 5) is 4.24. The fraction of sp³-hybridized carbons (Fsp3) is 0.300. The smallest absolute Gasteiger partial charge is 0.103 e. The van der Waals surface area contributed by atoms with Crippen molar-refractivity contribution in [2.45, 2.75) is 20.8 Å². The van der Waals surface area contributed by atoms with Gasteiger partial charge in [0.2, 0.25) is 0 Å². The van der Waals surface area contributed by atoms with Crippen LogP contribution in [-0.4, -0.2) is 5.17 Å². The van der Waals surface area contributed by atoms with Crippen LogP contribution in [0.25, 0.3) is 0 Å². The monoisotopic (exact) mass is 181 g/mol. The number of para-hydroxylation sites is 1. The Morgan fingerprint density at radius 1 is 1.25 bits per heavy atom. The first kappa shape index (κ1) is 9.27.